The summed E-state index contributed by atoms with van der Waals surface area (Å²) >= 11 is 0. The number of benzene rings is 2. The summed E-state index contributed by atoms with van der Waals surface area (Å²) < 4.78 is 54.3. The van der Waals surface area contributed by atoms with Gasteiger partial charge in [-0.25, -0.2) is 9.37 Å². The molecule has 1 aromatic heterocycles. The first-order valence-corrected chi connectivity index (χ1v) is 8.91. The largest absolute Gasteiger partial charge is 0.421 e. The predicted molar refractivity (Wildman–Crippen MR) is 106 cm³/mol. The van der Waals surface area contributed by atoms with Gasteiger partial charge in [-0.1, -0.05) is 18.2 Å². The zero-order valence-corrected chi connectivity index (χ0v) is 16.1. The van der Waals surface area contributed by atoms with Gasteiger partial charge < -0.3 is 21.1 Å². The van der Waals surface area contributed by atoms with Crippen molar-refractivity contribution in [3.05, 3.63) is 71.2 Å². The van der Waals surface area contributed by atoms with E-state index in [4.69, 9.17) is 5.11 Å². The van der Waals surface area contributed by atoms with E-state index in [0.717, 1.165) is 6.07 Å². The minimum Gasteiger partial charge on any atom is -0.392 e. The first kappa shape index (κ1) is 22.0. The number of hydrogen-bond acceptors (Lipinski definition) is 6. The number of halogens is 4. The van der Waals surface area contributed by atoms with E-state index in [-0.39, 0.29) is 28.5 Å². The first-order chi connectivity index (χ1) is 14.7. The fourth-order valence-electron chi connectivity index (χ4n) is 2.68. The summed E-state index contributed by atoms with van der Waals surface area (Å²) in [6, 6.07) is 9.79. The summed E-state index contributed by atoms with van der Waals surface area (Å²) in [7, 11) is 1.40. The smallest absolute Gasteiger partial charge is 0.392 e. The molecule has 0 bridgehead atoms. The van der Waals surface area contributed by atoms with Crippen molar-refractivity contribution in [2.75, 3.05) is 17.7 Å². The Balaban J connectivity index is 1.99. The number of amides is 1. The monoisotopic (exact) mass is 435 g/mol. The maximum absolute atomic E-state index is 13.9. The molecule has 0 aliphatic heterocycles. The second-order valence-electron chi connectivity index (χ2n) is 6.29. The molecule has 7 nitrogen and oxygen atoms in total. The summed E-state index contributed by atoms with van der Waals surface area (Å²) in [5.41, 5.74) is -0.687. The number of alkyl halides is 3. The van der Waals surface area contributed by atoms with Crippen molar-refractivity contribution >= 4 is 29.0 Å². The number of carbonyl (C=O) groups excluding carboxylic acids is 1. The molecular formula is C20H17F4N5O2. The van der Waals surface area contributed by atoms with Gasteiger partial charge in [-0.05, 0) is 24.3 Å². The van der Waals surface area contributed by atoms with Crippen molar-refractivity contribution in [2.45, 2.75) is 12.8 Å². The lowest BCUT2D eigenvalue weighted by Gasteiger charge is -2.16. The summed E-state index contributed by atoms with van der Waals surface area (Å²) in [5, 5.41) is 16.6. The highest BCUT2D eigenvalue weighted by molar-refractivity contribution is 6.00. The molecule has 162 valence electrons. The average molecular weight is 435 g/mol. The third-order valence-electron chi connectivity index (χ3n) is 4.23. The van der Waals surface area contributed by atoms with Crippen LogP contribution in [0.3, 0.4) is 0 Å². The van der Waals surface area contributed by atoms with Crippen LogP contribution in [0.1, 0.15) is 21.5 Å². The van der Waals surface area contributed by atoms with E-state index >= 15 is 0 Å². The van der Waals surface area contributed by atoms with Crippen LogP contribution in [0.15, 0.2) is 48.7 Å². The van der Waals surface area contributed by atoms with Crippen molar-refractivity contribution in [3.63, 3.8) is 0 Å². The molecular weight excluding hydrogens is 418 g/mol. The van der Waals surface area contributed by atoms with Crippen molar-refractivity contribution in [1.82, 2.24) is 15.3 Å². The molecule has 4 N–H and O–H groups in total. The molecule has 0 aliphatic rings. The summed E-state index contributed by atoms with van der Waals surface area (Å²) in [6.07, 6.45) is -4.18. The quantitative estimate of drug-likeness (QED) is 0.438. The Morgan fingerprint density at radius 3 is 2.52 bits per heavy atom. The van der Waals surface area contributed by atoms with Crippen LogP contribution in [0.2, 0.25) is 0 Å². The van der Waals surface area contributed by atoms with Gasteiger partial charge in [0.05, 0.1) is 17.9 Å². The van der Waals surface area contributed by atoms with Gasteiger partial charge in [-0.3, -0.25) is 4.79 Å². The highest BCUT2D eigenvalue weighted by Crippen LogP contribution is 2.36. The maximum Gasteiger partial charge on any atom is 0.421 e. The Labute approximate surface area is 174 Å². The summed E-state index contributed by atoms with van der Waals surface area (Å²) in [5.74, 6) is -2.02. The molecule has 1 amide bonds. The van der Waals surface area contributed by atoms with E-state index in [0.29, 0.717) is 6.20 Å². The number of aliphatic hydroxyl groups is 1. The zero-order chi connectivity index (χ0) is 22.6. The molecule has 0 atom stereocenters. The van der Waals surface area contributed by atoms with Crippen LogP contribution in [-0.4, -0.2) is 28.0 Å². The Morgan fingerprint density at radius 2 is 1.87 bits per heavy atom. The van der Waals surface area contributed by atoms with Gasteiger partial charge in [0.2, 0.25) is 5.95 Å². The molecule has 0 radical (unpaired) electrons. The molecule has 3 rings (SSSR count). The number of carbonyl (C=O) groups is 1. The lowest BCUT2D eigenvalue weighted by molar-refractivity contribution is -0.137. The molecule has 0 spiro atoms. The third-order valence-corrected chi connectivity index (χ3v) is 4.23. The van der Waals surface area contributed by atoms with Crippen molar-refractivity contribution in [2.24, 2.45) is 0 Å². The fourth-order valence-corrected chi connectivity index (χ4v) is 2.68. The van der Waals surface area contributed by atoms with Gasteiger partial charge in [0, 0.05) is 24.5 Å². The number of aliphatic hydroxyl groups excluding tert-OH is 1. The molecule has 31 heavy (non-hydrogen) atoms. The zero-order valence-electron chi connectivity index (χ0n) is 16.1. The molecule has 2 aromatic carbocycles. The van der Waals surface area contributed by atoms with E-state index in [1.54, 1.807) is 12.1 Å². The van der Waals surface area contributed by atoms with Crippen molar-refractivity contribution < 1.29 is 27.5 Å². The number of hydrogen-bond donors (Lipinski definition) is 4. The molecule has 0 saturated carbocycles. The Bertz CT molecular complexity index is 1110. The lowest BCUT2D eigenvalue weighted by Crippen LogP contribution is -2.20. The Morgan fingerprint density at radius 1 is 1.13 bits per heavy atom. The number of aromatic nitrogens is 2. The number of anilines is 4. The molecule has 11 heteroatoms. The van der Waals surface area contributed by atoms with Gasteiger partial charge >= 0.3 is 6.18 Å². The van der Waals surface area contributed by atoms with E-state index in [1.165, 1.54) is 31.3 Å². The second-order valence-corrected chi connectivity index (χ2v) is 6.29. The molecule has 0 saturated heterocycles. The average Bonchev–Trinajstić information content (AvgIpc) is 2.73. The highest BCUT2D eigenvalue weighted by atomic mass is 19.4. The second kappa shape index (κ2) is 8.96. The van der Waals surface area contributed by atoms with Crippen LogP contribution in [0.4, 0.5) is 40.7 Å². The lowest BCUT2D eigenvalue weighted by atomic mass is 10.1. The minimum atomic E-state index is -4.77. The number of nitrogens with one attached hydrogen (secondary N) is 3. The van der Waals surface area contributed by atoms with Crippen molar-refractivity contribution in [3.8, 4) is 0 Å². The van der Waals surface area contributed by atoms with Gasteiger partial charge in [0.15, 0.2) is 0 Å². The Kier molecular flexibility index (Phi) is 6.35. The minimum absolute atomic E-state index is 0.0621. The van der Waals surface area contributed by atoms with Gasteiger partial charge in [-0.2, -0.15) is 18.2 Å². The van der Waals surface area contributed by atoms with Crippen LogP contribution in [0, 0.1) is 5.82 Å². The fraction of sp³-hybridized carbons (Fsp3) is 0.150. The maximum atomic E-state index is 13.9. The van der Waals surface area contributed by atoms with Crippen LogP contribution in [0.25, 0.3) is 0 Å². The van der Waals surface area contributed by atoms with Crippen LogP contribution in [0.5, 0.6) is 0 Å². The third kappa shape index (κ3) is 5.07. The van der Waals surface area contributed by atoms with Crippen LogP contribution in [-0.2, 0) is 12.8 Å². The molecule has 3 aromatic rings. The van der Waals surface area contributed by atoms with Crippen LogP contribution < -0.4 is 16.0 Å². The normalized spacial score (nSPS) is 11.2. The number of para-hydroxylation sites is 1. The van der Waals surface area contributed by atoms with E-state index < -0.39 is 35.9 Å². The highest BCUT2D eigenvalue weighted by Gasteiger charge is 2.35. The standard InChI is InChI=1S/C20H17F4N5O2/c1-25-18(31)13-4-2-3-5-16(13)28-17-14(20(22,23)24)9-26-19(29-17)27-12-7-6-11(10-30)15(21)8-12/h2-9,30H,10H2,1H3,(H,25,31)(H2,26,27,28,29). The van der Waals surface area contributed by atoms with Gasteiger partial charge in [0.1, 0.15) is 17.2 Å². The number of nitrogens with zero attached hydrogens (tertiary/aromatic N) is 2. The summed E-state index contributed by atoms with van der Waals surface area (Å²) in [6.45, 7) is -0.498. The molecule has 1 heterocycles. The molecule has 0 aliphatic carbocycles. The predicted octanol–water partition coefficient (Wildman–Crippen LogP) is 3.97. The van der Waals surface area contributed by atoms with E-state index in [9.17, 15) is 22.4 Å². The SMILES string of the molecule is CNC(=O)c1ccccc1Nc1nc(Nc2ccc(CO)c(F)c2)ncc1C(F)(F)F. The van der Waals surface area contributed by atoms with Crippen molar-refractivity contribution in [1.29, 1.82) is 0 Å². The summed E-state index contributed by atoms with van der Waals surface area (Å²) in [4.78, 5) is 19.6. The first-order valence-electron chi connectivity index (χ1n) is 8.91. The van der Waals surface area contributed by atoms with Crippen LogP contribution >= 0.6 is 0 Å². The number of rotatable bonds is 6. The van der Waals surface area contributed by atoms with Gasteiger partial charge in [-0.15, -0.1) is 0 Å². The topological polar surface area (TPSA) is 99.2 Å². The molecule has 0 unspecified atom stereocenters. The van der Waals surface area contributed by atoms with E-state index in [1.807, 2.05) is 0 Å². The van der Waals surface area contributed by atoms with Gasteiger partial charge in [0.25, 0.3) is 5.91 Å². The van der Waals surface area contributed by atoms with E-state index in [2.05, 4.69) is 25.9 Å². The Hall–Kier alpha value is -3.73. The molecule has 0 fully saturated rings.